The molecule has 0 saturated carbocycles. The molecule has 4 nitrogen and oxygen atoms in total. The highest BCUT2D eigenvalue weighted by atomic mass is 16.6. The number of unbranched alkanes of at least 4 members (excludes halogenated alkanes) is 3. The van der Waals surface area contributed by atoms with Crippen LogP contribution < -0.4 is 0 Å². The molecule has 0 amide bonds. The van der Waals surface area contributed by atoms with E-state index in [-0.39, 0.29) is 13.2 Å². The Morgan fingerprint density at radius 1 is 1.06 bits per heavy atom. The second-order valence-corrected chi connectivity index (χ2v) is 3.98. The quantitative estimate of drug-likeness (QED) is 0.261. The molecule has 0 fully saturated rings. The Morgan fingerprint density at radius 2 is 1.61 bits per heavy atom. The first-order valence-corrected chi connectivity index (χ1v) is 6.61. The molecule has 0 aliphatic rings. The van der Waals surface area contributed by atoms with Crippen molar-refractivity contribution in [3.05, 3.63) is 12.7 Å². The number of carbonyl (C=O) groups is 2. The van der Waals surface area contributed by atoms with E-state index < -0.39 is 17.9 Å². The van der Waals surface area contributed by atoms with E-state index in [2.05, 4.69) is 6.58 Å². The number of esters is 2. The van der Waals surface area contributed by atoms with Crippen LogP contribution in [0.5, 0.6) is 0 Å². The summed E-state index contributed by atoms with van der Waals surface area (Å²) in [5, 5.41) is 0. The average Bonchev–Trinajstić information content (AvgIpc) is 2.34. The van der Waals surface area contributed by atoms with Gasteiger partial charge in [0.05, 0.1) is 13.2 Å². The van der Waals surface area contributed by atoms with Gasteiger partial charge in [-0.05, 0) is 33.1 Å². The molecule has 0 heterocycles. The lowest BCUT2D eigenvalue weighted by molar-refractivity contribution is -0.161. The summed E-state index contributed by atoms with van der Waals surface area (Å²) in [7, 11) is 0. The molecule has 0 atom stereocenters. The molecule has 18 heavy (non-hydrogen) atoms. The van der Waals surface area contributed by atoms with Crippen LogP contribution >= 0.6 is 0 Å². The first-order valence-electron chi connectivity index (χ1n) is 6.61. The summed E-state index contributed by atoms with van der Waals surface area (Å²) < 4.78 is 9.79. The molecule has 0 radical (unpaired) electrons. The van der Waals surface area contributed by atoms with Gasteiger partial charge in [-0.3, -0.25) is 9.59 Å². The number of hydrogen-bond acceptors (Lipinski definition) is 4. The van der Waals surface area contributed by atoms with Crippen LogP contribution in [0.25, 0.3) is 0 Å². The number of hydrogen-bond donors (Lipinski definition) is 0. The largest absolute Gasteiger partial charge is 0.465 e. The second kappa shape index (κ2) is 10.8. The Labute approximate surface area is 109 Å². The van der Waals surface area contributed by atoms with E-state index >= 15 is 0 Å². The lowest BCUT2D eigenvalue weighted by Crippen LogP contribution is -2.28. The molecule has 4 heteroatoms. The highest BCUT2D eigenvalue weighted by molar-refractivity contribution is 5.94. The maximum Gasteiger partial charge on any atom is 0.320 e. The van der Waals surface area contributed by atoms with Gasteiger partial charge in [0.2, 0.25) is 0 Å². The van der Waals surface area contributed by atoms with Crippen molar-refractivity contribution in [3.8, 4) is 0 Å². The molecule has 0 aromatic heterocycles. The molecule has 0 rings (SSSR count). The summed E-state index contributed by atoms with van der Waals surface area (Å²) in [6.07, 6.45) is 6.14. The lowest BCUT2D eigenvalue weighted by Gasteiger charge is -2.13. The fourth-order valence-corrected chi connectivity index (χ4v) is 1.63. The molecule has 0 aliphatic carbocycles. The highest BCUT2D eigenvalue weighted by Crippen LogP contribution is 2.15. The van der Waals surface area contributed by atoms with Gasteiger partial charge in [0.1, 0.15) is 0 Å². The van der Waals surface area contributed by atoms with Crippen molar-refractivity contribution < 1.29 is 19.1 Å². The summed E-state index contributed by atoms with van der Waals surface area (Å²) in [6.45, 7) is 7.67. The van der Waals surface area contributed by atoms with Gasteiger partial charge in [0.25, 0.3) is 0 Å². The Balaban J connectivity index is 4.16. The van der Waals surface area contributed by atoms with E-state index in [0.29, 0.717) is 6.42 Å². The maximum atomic E-state index is 11.6. The summed E-state index contributed by atoms with van der Waals surface area (Å²) in [6, 6.07) is 0. The predicted octanol–water partition coefficient (Wildman–Crippen LogP) is 2.87. The molecular formula is C14H24O4. The average molecular weight is 256 g/mol. The third-order valence-corrected chi connectivity index (χ3v) is 2.54. The Bertz CT molecular complexity index is 243. The van der Waals surface area contributed by atoms with Gasteiger partial charge in [0.15, 0.2) is 5.92 Å². The van der Waals surface area contributed by atoms with Crippen LogP contribution in [0, 0.1) is 5.92 Å². The Morgan fingerprint density at radius 3 is 2.06 bits per heavy atom. The van der Waals surface area contributed by atoms with Gasteiger partial charge >= 0.3 is 11.9 Å². The molecule has 0 aliphatic heterocycles. The van der Waals surface area contributed by atoms with Crippen molar-refractivity contribution >= 4 is 11.9 Å². The summed E-state index contributed by atoms with van der Waals surface area (Å²) >= 11 is 0. The van der Waals surface area contributed by atoms with E-state index in [9.17, 15) is 9.59 Å². The monoisotopic (exact) mass is 256 g/mol. The summed E-state index contributed by atoms with van der Waals surface area (Å²) in [5.41, 5.74) is 0. The van der Waals surface area contributed by atoms with E-state index in [1.54, 1.807) is 13.8 Å². The minimum atomic E-state index is -0.770. The minimum Gasteiger partial charge on any atom is -0.465 e. The van der Waals surface area contributed by atoms with Gasteiger partial charge < -0.3 is 9.47 Å². The summed E-state index contributed by atoms with van der Waals surface area (Å²) in [5.74, 6) is -1.71. The Hall–Kier alpha value is -1.32. The van der Waals surface area contributed by atoms with E-state index in [0.717, 1.165) is 25.7 Å². The third-order valence-electron chi connectivity index (χ3n) is 2.54. The smallest absolute Gasteiger partial charge is 0.320 e. The fraction of sp³-hybridized carbons (Fsp3) is 0.714. The van der Waals surface area contributed by atoms with Gasteiger partial charge in [-0.1, -0.05) is 18.9 Å². The normalized spacial score (nSPS) is 10.2. The van der Waals surface area contributed by atoms with Crippen LogP contribution in [0.3, 0.4) is 0 Å². The molecule has 0 bridgehead atoms. The van der Waals surface area contributed by atoms with E-state index in [1.807, 2.05) is 6.08 Å². The van der Waals surface area contributed by atoms with Crippen molar-refractivity contribution in [2.75, 3.05) is 13.2 Å². The Kier molecular flexibility index (Phi) is 10.0. The van der Waals surface area contributed by atoms with Gasteiger partial charge in [-0.25, -0.2) is 0 Å². The topological polar surface area (TPSA) is 52.6 Å². The third kappa shape index (κ3) is 7.09. The molecule has 0 N–H and O–H groups in total. The molecule has 104 valence electrons. The van der Waals surface area contributed by atoms with Crippen LogP contribution in [0.2, 0.25) is 0 Å². The van der Waals surface area contributed by atoms with Crippen LogP contribution in [0.1, 0.15) is 46.0 Å². The molecule has 0 aromatic rings. The highest BCUT2D eigenvalue weighted by Gasteiger charge is 2.28. The lowest BCUT2D eigenvalue weighted by atomic mass is 10.0. The molecule has 0 saturated heterocycles. The van der Waals surface area contributed by atoms with Crippen LogP contribution in [-0.2, 0) is 19.1 Å². The standard InChI is InChI=1S/C14H24O4/c1-4-7-8-9-10-11-12(13(15)17-5-2)14(16)18-6-3/h4,12H,1,5-11H2,2-3H3. The van der Waals surface area contributed by atoms with E-state index in [1.165, 1.54) is 0 Å². The van der Waals surface area contributed by atoms with Crippen molar-refractivity contribution in [2.45, 2.75) is 46.0 Å². The molecular weight excluding hydrogens is 232 g/mol. The van der Waals surface area contributed by atoms with Crippen molar-refractivity contribution in [1.82, 2.24) is 0 Å². The molecule has 0 spiro atoms. The maximum absolute atomic E-state index is 11.6. The summed E-state index contributed by atoms with van der Waals surface area (Å²) in [4.78, 5) is 23.3. The molecule has 0 unspecified atom stereocenters. The van der Waals surface area contributed by atoms with Gasteiger partial charge in [-0.2, -0.15) is 0 Å². The van der Waals surface area contributed by atoms with Crippen LogP contribution in [0.4, 0.5) is 0 Å². The number of ether oxygens (including phenoxy) is 2. The van der Waals surface area contributed by atoms with Crippen molar-refractivity contribution in [3.63, 3.8) is 0 Å². The number of carbonyl (C=O) groups excluding carboxylic acids is 2. The fourth-order valence-electron chi connectivity index (χ4n) is 1.63. The van der Waals surface area contributed by atoms with Gasteiger partial charge in [0, 0.05) is 0 Å². The van der Waals surface area contributed by atoms with Crippen molar-refractivity contribution in [2.24, 2.45) is 5.92 Å². The van der Waals surface area contributed by atoms with E-state index in [4.69, 9.17) is 9.47 Å². The zero-order valence-corrected chi connectivity index (χ0v) is 11.4. The first kappa shape index (κ1) is 16.7. The number of allylic oxidation sites excluding steroid dienone is 1. The minimum absolute atomic E-state index is 0.283. The number of rotatable bonds is 10. The van der Waals surface area contributed by atoms with Crippen LogP contribution in [0.15, 0.2) is 12.7 Å². The van der Waals surface area contributed by atoms with Gasteiger partial charge in [-0.15, -0.1) is 6.58 Å². The van der Waals surface area contributed by atoms with Crippen LogP contribution in [-0.4, -0.2) is 25.2 Å². The first-order chi connectivity index (χ1) is 8.67. The van der Waals surface area contributed by atoms with Crippen molar-refractivity contribution in [1.29, 1.82) is 0 Å². The second-order valence-electron chi connectivity index (χ2n) is 3.98. The molecule has 0 aromatic carbocycles. The zero-order chi connectivity index (χ0) is 13.8. The SMILES string of the molecule is C=CCCCCCC(C(=O)OCC)C(=O)OCC. The predicted molar refractivity (Wildman–Crippen MR) is 70.0 cm³/mol. The zero-order valence-electron chi connectivity index (χ0n) is 11.4.